The maximum Gasteiger partial charge on any atom is 0.330 e. The maximum absolute atomic E-state index is 10.7. The van der Waals surface area contributed by atoms with Crippen LogP contribution >= 0.6 is 0 Å². The van der Waals surface area contributed by atoms with Crippen LogP contribution in [0.5, 0.6) is 0 Å². The van der Waals surface area contributed by atoms with E-state index in [1.54, 1.807) is 0 Å². The fourth-order valence-corrected chi connectivity index (χ4v) is 1.07. The molecule has 0 fully saturated rings. The summed E-state index contributed by atoms with van der Waals surface area (Å²) in [6, 6.07) is 0. The lowest BCUT2D eigenvalue weighted by atomic mass is 10.3. The van der Waals surface area contributed by atoms with Crippen molar-refractivity contribution in [2.24, 2.45) is 0 Å². The number of esters is 1. The molecule has 0 saturated heterocycles. The van der Waals surface area contributed by atoms with Gasteiger partial charge in [0.05, 0.1) is 0 Å². The Morgan fingerprint density at radius 3 is 2.47 bits per heavy atom. The van der Waals surface area contributed by atoms with Crippen LogP contribution in [0.15, 0.2) is 12.7 Å². The topological polar surface area (TPSA) is 49.8 Å². The molecule has 15 heavy (non-hydrogen) atoms. The fraction of sp³-hybridized carbons (Fsp3) is 0.700. The van der Waals surface area contributed by atoms with Crippen LogP contribution in [0.25, 0.3) is 0 Å². The lowest BCUT2D eigenvalue weighted by Crippen LogP contribution is -2.35. The molecule has 0 heterocycles. The first-order valence-electron chi connectivity index (χ1n) is 4.83. The van der Waals surface area contributed by atoms with E-state index in [1.807, 2.05) is 13.8 Å². The van der Waals surface area contributed by atoms with Crippen LogP contribution in [0.2, 0.25) is 0 Å². The van der Waals surface area contributed by atoms with E-state index in [9.17, 15) is 9.90 Å². The first-order chi connectivity index (χ1) is 6.63. The minimum atomic E-state index is -0.626. The van der Waals surface area contributed by atoms with Gasteiger partial charge in [0.2, 0.25) is 0 Å². The van der Waals surface area contributed by atoms with Gasteiger partial charge in [0.25, 0.3) is 0 Å². The van der Waals surface area contributed by atoms with Gasteiger partial charge in [-0.3, -0.25) is 4.70 Å². The number of nitrogens with zero attached hydrogens (tertiary/aromatic N) is 1. The van der Waals surface area contributed by atoms with Gasteiger partial charge in [0.1, 0.15) is 12.7 Å². The molecule has 1 atom stereocenters. The number of aliphatic hydroxyl groups is 1. The van der Waals surface area contributed by atoms with Gasteiger partial charge in [-0.1, -0.05) is 20.4 Å². The van der Waals surface area contributed by atoms with Crippen molar-refractivity contribution in [2.75, 3.05) is 26.2 Å². The standard InChI is InChI=1S/C10H19NO3.FH/c1-4-10(13)14-8-9(12)7-11(5-2)6-3;/h4,9,12H,1,5-8H2,2-3H3;1H. The molecule has 0 aromatic rings. The number of carbonyl (C=O) groups is 1. The van der Waals surface area contributed by atoms with Gasteiger partial charge >= 0.3 is 5.97 Å². The Bertz CT molecular complexity index is 184. The second kappa shape index (κ2) is 9.61. The van der Waals surface area contributed by atoms with E-state index < -0.39 is 12.1 Å². The molecule has 0 aromatic heterocycles. The molecule has 5 heteroatoms. The number of aliphatic hydroxyl groups excluding tert-OH is 1. The summed E-state index contributed by atoms with van der Waals surface area (Å²) in [7, 11) is 0. The monoisotopic (exact) mass is 221 g/mol. The summed E-state index contributed by atoms with van der Waals surface area (Å²) in [6.45, 7) is 9.62. The Labute approximate surface area is 89.9 Å². The van der Waals surface area contributed by atoms with Crippen molar-refractivity contribution in [3.63, 3.8) is 0 Å². The molecule has 0 aromatic carbocycles. The summed E-state index contributed by atoms with van der Waals surface area (Å²) in [4.78, 5) is 12.7. The van der Waals surface area contributed by atoms with E-state index in [2.05, 4.69) is 11.5 Å². The molecule has 0 radical (unpaired) electrons. The average molecular weight is 221 g/mol. The molecule has 0 rings (SSSR count). The lowest BCUT2D eigenvalue weighted by molar-refractivity contribution is -0.141. The Morgan fingerprint density at radius 2 is 2.07 bits per heavy atom. The average Bonchev–Trinajstić information content (AvgIpc) is 2.22. The Kier molecular flexibility index (Phi) is 10.6. The molecule has 90 valence electrons. The maximum atomic E-state index is 10.7. The zero-order chi connectivity index (χ0) is 11.0. The first kappa shape index (κ1) is 16.5. The SMILES string of the molecule is C=CC(=O)OCC(O)CN(CC)CC.F. The molecule has 1 N–H and O–H groups in total. The van der Waals surface area contributed by atoms with E-state index >= 15 is 0 Å². The fourth-order valence-electron chi connectivity index (χ4n) is 1.07. The number of ether oxygens (including phenoxy) is 1. The third kappa shape index (κ3) is 8.08. The van der Waals surface area contributed by atoms with Crippen LogP contribution in [0.1, 0.15) is 13.8 Å². The molecular weight excluding hydrogens is 201 g/mol. The Morgan fingerprint density at radius 1 is 1.53 bits per heavy atom. The van der Waals surface area contributed by atoms with E-state index in [4.69, 9.17) is 4.74 Å². The van der Waals surface area contributed by atoms with Crippen molar-refractivity contribution in [1.29, 1.82) is 0 Å². The van der Waals surface area contributed by atoms with Gasteiger partial charge in [-0.15, -0.1) is 0 Å². The largest absolute Gasteiger partial charge is 0.460 e. The van der Waals surface area contributed by atoms with Crippen molar-refractivity contribution in [3.05, 3.63) is 12.7 Å². The first-order valence-corrected chi connectivity index (χ1v) is 4.83. The quantitative estimate of drug-likeness (QED) is 0.504. The van der Waals surface area contributed by atoms with Crippen molar-refractivity contribution in [1.82, 2.24) is 4.90 Å². The van der Waals surface area contributed by atoms with Gasteiger partial charge in [-0.25, -0.2) is 4.79 Å². The summed E-state index contributed by atoms with van der Waals surface area (Å²) in [5, 5.41) is 9.47. The van der Waals surface area contributed by atoms with Crippen molar-refractivity contribution in [2.45, 2.75) is 20.0 Å². The number of rotatable bonds is 7. The van der Waals surface area contributed by atoms with Crippen molar-refractivity contribution < 1.29 is 19.3 Å². The summed E-state index contributed by atoms with van der Waals surface area (Å²) < 4.78 is 4.71. The molecule has 4 nitrogen and oxygen atoms in total. The molecule has 0 spiro atoms. The van der Waals surface area contributed by atoms with E-state index in [0.717, 1.165) is 19.2 Å². The van der Waals surface area contributed by atoms with Crippen LogP contribution in [0.3, 0.4) is 0 Å². The molecule has 0 bridgehead atoms. The lowest BCUT2D eigenvalue weighted by Gasteiger charge is -2.21. The third-order valence-corrected chi connectivity index (χ3v) is 1.95. The second-order valence-electron chi connectivity index (χ2n) is 2.97. The van der Waals surface area contributed by atoms with Crippen LogP contribution in [-0.4, -0.2) is 48.3 Å². The van der Waals surface area contributed by atoms with E-state index in [-0.39, 0.29) is 11.3 Å². The highest BCUT2D eigenvalue weighted by atomic mass is 19.0. The predicted molar refractivity (Wildman–Crippen MR) is 57.5 cm³/mol. The van der Waals surface area contributed by atoms with Crippen molar-refractivity contribution >= 4 is 5.97 Å². The van der Waals surface area contributed by atoms with Gasteiger partial charge in [-0.2, -0.15) is 0 Å². The predicted octanol–water partition coefficient (Wildman–Crippen LogP) is 0.571. The summed E-state index contributed by atoms with van der Waals surface area (Å²) in [6.07, 6.45) is 0.461. The molecule has 0 aliphatic heterocycles. The molecule has 0 aliphatic carbocycles. The summed E-state index contributed by atoms with van der Waals surface area (Å²) >= 11 is 0. The number of likely N-dealkylation sites (N-methyl/N-ethyl adjacent to an activating group) is 1. The third-order valence-electron chi connectivity index (χ3n) is 1.95. The highest BCUT2D eigenvalue weighted by molar-refractivity contribution is 5.81. The minimum absolute atomic E-state index is 0. The minimum Gasteiger partial charge on any atom is -0.460 e. The normalized spacial score (nSPS) is 11.7. The zero-order valence-electron chi connectivity index (χ0n) is 9.31. The molecule has 0 saturated carbocycles. The highest BCUT2D eigenvalue weighted by Gasteiger charge is 2.10. The number of carbonyl (C=O) groups excluding carboxylic acids is 1. The Balaban J connectivity index is 0. The zero-order valence-corrected chi connectivity index (χ0v) is 9.31. The molecule has 0 amide bonds. The summed E-state index contributed by atoms with van der Waals surface area (Å²) in [5.41, 5.74) is 0. The second-order valence-corrected chi connectivity index (χ2v) is 2.97. The highest BCUT2D eigenvalue weighted by Crippen LogP contribution is 1.93. The number of halogens is 1. The van der Waals surface area contributed by atoms with Crippen LogP contribution < -0.4 is 0 Å². The van der Waals surface area contributed by atoms with Gasteiger partial charge in [0.15, 0.2) is 0 Å². The van der Waals surface area contributed by atoms with E-state index in [0.29, 0.717) is 6.54 Å². The number of hydrogen-bond acceptors (Lipinski definition) is 4. The Hall–Kier alpha value is -0.940. The van der Waals surface area contributed by atoms with Gasteiger partial charge in [0, 0.05) is 12.6 Å². The summed E-state index contributed by atoms with van der Waals surface area (Å²) in [5.74, 6) is -0.497. The van der Waals surface area contributed by atoms with Crippen LogP contribution in [0.4, 0.5) is 4.70 Å². The molecule has 1 unspecified atom stereocenters. The molecular formula is C10H20FNO3. The molecule has 0 aliphatic rings. The number of hydrogen-bond donors (Lipinski definition) is 1. The smallest absolute Gasteiger partial charge is 0.330 e. The van der Waals surface area contributed by atoms with Gasteiger partial charge < -0.3 is 14.7 Å². The van der Waals surface area contributed by atoms with Crippen molar-refractivity contribution in [3.8, 4) is 0 Å². The van der Waals surface area contributed by atoms with Crippen LogP contribution in [0, 0.1) is 0 Å². The van der Waals surface area contributed by atoms with Gasteiger partial charge in [-0.05, 0) is 13.1 Å². The van der Waals surface area contributed by atoms with Crippen LogP contribution in [-0.2, 0) is 9.53 Å². The van der Waals surface area contributed by atoms with E-state index in [1.165, 1.54) is 0 Å².